The van der Waals surface area contributed by atoms with Crippen molar-refractivity contribution in [1.82, 2.24) is 0 Å². The quantitative estimate of drug-likeness (QED) is 0.673. The lowest BCUT2D eigenvalue weighted by atomic mass is 9.78. The van der Waals surface area contributed by atoms with Crippen LogP contribution in [0.3, 0.4) is 0 Å². The van der Waals surface area contributed by atoms with Gasteiger partial charge in [-0.25, -0.2) is 0 Å². The zero-order chi connectivity index (χ0) is 15.5. The molecule has 0 aliphatic heterocycles. The van der Waals surface area contributed by atoms with E-state index in [1.165, 1.54) is 37.7 Å². The first kappa shape index (κ1) is 16.9. The first-order chi connectivity index (χ1) is 9.92. The van der Waals surface area contributed by atoms with E-state index in [4.69, 9.17) is 4.74 Å². The van der Waals surface area contributed by atoms with Gasteiger partial charge in [-0.1, -0.05) is 32.4 Å². The van der Waals surface area contributed by atoms with Crippen molar-refractivity contribution in [3.05, 3.63) is 29.8 Å². The number of thiol groups is 1. The highest BCUT2D eigenvalue weighted by Gasteiger charge is 2.30. The van der Waals surface area contributed by atoms with E-state index < -0.39 is 0 Å². The van der Waals surface area contributed by atoms with Gasteiger partial charge in [-0.3, -0.25) is 0 Å². The van der Waals surface area contributed by atoms with E-state index in [1.54, 1.807) is 0 Å². The molecule has 0 N–H and O–H groups in total. The van der Waals surface area contributed by atoms with Crippen molar-refractivity contribution in [2.75, 3.05) is 0 Å². The van der Waals surface area contributed by atoms with Crippen molar-refractivity contribution in [3.8, 4) is 0 Å². The smallest absolute Gasteiger partial charge is 0.0879 e. The predicted octanol–water partition coefficient (Wildman–Crippen LogP) is 5.83. The molecule has 1 nitrogen and oxygen atoms in total. The fourth-order valence-corrected chi connectivity index (χ4v) is 3.61. The third-order valence-electron chi connectivity index (χ3n) is 5.19. The van der Waals surface area contributed by atoms with Crippen LogP contribution in [-0.4, -0.2) is 6.10 Å². The number of hydrogen-bond acceptors (Lipinski definition) is 2. The second kappa shape index (κ2) is 7.19. The molecule has 0 saturated heterocycles. The van der Waals surface area contributed by atoms with Crippen LogP contribution < -0.4 is 0 Å². The minimum Gasteiger partial charge on any atom is -0.368 e. The third kappa shape index (κ3) is 4.50. The van der Waals surface area contributed by atoms with Crippen molar-refractivity contribution >= 4 is 12.6 Å². The molecular formula is C19H30OS. The van der Waals surface area contributed by atoms with Crippen LogP contribution in [0.25, 0.3) is 0 Å². The molecule has 2 rings (SSSR count). The van der Waals surface area contributed by atoms with Gasteiger partial charge in [0.25, 0.3) is 0 Å². The van der Waals surface area contributed by atoms with Crippen molar-refractivity contribution in [2.45, 2.75) is 76.4 Å². The van der Waals surface area contributed by atoms with E-state index >= 15 is 0 Å². The lowest BCUT2D eigenvalue weighted by Gasteiger charge is -2.37. The van der Waals surface area contributed by atoms with Crippen molar-refractivity contribution < 1.29 is 4.74 Å². The Balaban J connectivity index is 1.91. The Bertz CT molecular complexity index is 429. The monoisotopic (exact) mass is 306 g/mol. The van der Waals surface area contributed by atoms with Crippen molar-refractivity contribution in [2.24, 2.45) is 11.8 Å². The largest absolute Gasteiger partial charge is 0.368 e. The van der Waals surface area contributed by atoms with Crippen LogP contribution in [-0.2, 0) is 10.3 Å². The van der Waals surface area contributed by atoms with E-state index in [9.17, 15) is 0 Å². The minimum atomic E-state index is -0.213. The van der Waals surface area contributed by atoms with Gasteiger partial charge in [0.2, 0.25) is 0 Å². The topological polar surface area (TPSA) is 9.23 Å². The maximum atomic E-state index is 6.44. The molecule has 1 unspecified atom stereocenters. The highest BCUT2D eigenvalue weighted by Crippen LogP contribution is 2.36. The van der Waals surface area contributed by atoms with Gasteiger partial charge in [0.15, 0.2) is 0 Å². The van der Waals surface area contributed by atoms with Crippen LogP contribution in [0, 0.1) is 11.8 Å². The predicted molar refractivity (Wildman–Crippen MR) is 93.0 cm³/mol. The van der Waals surface area contributed by atoms with Gasteiger partial charge in [-0.15, -0.1) is 12.6 Å². The van der Waals surface area contributed by atoms with Gasteiger partial charge < -0.3 is 4.74 Å². The maximum absolute atomic E-state index is 6.44. The molecule has 1 aromatic rings. The molecule has 1 aromatic carbocycles. The summed E-state index contributed by atoms with van der Waals surface area (Å²) in [6, 6.07) is 8.35. The average molecular weight is 307 g/mol. The molecule has 0 radical (unpaired) electrons. The van der Waals surface area contributed by atoms with Gasteiger partial charge >= 0.3 is 0 Å². The van der Waals surface area contributed by atoms with Crippen molar-refractivity contribution in [1.29, 1.82) is 0 Å². The maximum Gasteiger partial charge on any atom is 0.0879 e. The molecule has 0 aromatic heterocycles. The van der Waals surface area contributed by atoms with Crippen LogP contribution in [0.1, 0.15) is 65.4 Å². The molecule has 1 aliphatic carbocycles. The molecule has 21 heavy (non-hydrogen) atoms. The van der Waals surface area contributed by atoms with Crippen molar-refractivity contribution in [3.63, 3.8) is 0 Å². The minimum absolute atomic E-state index is 0.213. The van der Waals surface area contributed by atoms with Gasteiger partial charge in [0, 0.05) is 4.90 Å². The summed E-state index contributed by atoms with van der Waals surface area (Å²) in [6.07, 6.45) is 6.79. The first-order valence-electron chi connectivity index (χ1n) is 8.39. The fourth-order valence-electron chi connectivity index (χ4n) is 3.46. The second-order valence-electron chi connectivity index (χ2n) is 7.10. The Morgan fingerprint density at radius 2 is 1.71 bits per heavy atom. The summed E-state index contributed by atoms with van der Waals surface area (Å²) in [4.78, 5) is 1.00. The Kier molecular flexibility index (Phi) is 5.79. The van der Waals surface area contributed by atoms with Crippen LogP contribution in [0.15, 0.2) is 29.2 Å². The fraction of sp³-hybridized carbons (Fsp3) is 0.684. The zero-order valence-electron chi connectivity index (χ0n) is 13.9. The summed E-state index contributed by atoms with van der Waals surface area (Å²) in [7, 11) is 0. The van der Waals surface area contributed by atoms with Gasteiger partial charge in [-0.05, 0) is 69.1 Å². The summed E-state index contributed by atoms with van der Waals surface area (Å²) >= 11 is 4.36. The Morgan fingerprint density at radius 1 is 1.14 bits per heavy atom. The standard InChI is InChI=1S/C19H30OS/c1-5-14(2)15-6-10-17(11-7-15)20-19(3,4)16-8-12-18(21)13-9-16/h8-9,12-15,17,21H,5-7,10-11H2,1-4H3. The second-order valence-corrected chi connectivity index (χ2v) is 7.61. The van der Waals surface area contributed by atoms with Crippen LogP contribution in [0.5, 0.6) is 0 Å². The molecule has 0 bridgehead atoms. The SMILES string of the molecule is CCC(C)C1CCC(OC(C)(C)c2ccc(S)cc2)CC1. The molecule has 1 atom stereocenters. The van der Waals surface area contributed by atoms with Gasteiger partial charge in [0.1, 0.15) is 0 Å². The molecule has 0 heterocycles. The Morgan fingerprint density at radius 3 is 2.24 bits per heavy atom. The Hall–Kier alpha value is -0.470. The average Bonchev–Trinajstić information content (AvgIpc) is 2.47. The summed E-state index contributed by atoms with van der Waals surface area (Å²) in [6.45, 7) is 9.07. The summed E-state index contributed by atoms with van der Waals surface area (Å²) in [5.41, 5.74) is 1.03. The van der Waals surface area contributed by atoms with Crippen LogP contribution >= 0.6 is 12.6 Å². The van der Waals surface area contributed by atoms with E-state index in [2.05, 4.69) is 52.5 Å². The van der Waals surface area contributed by atoms with Crippen LogP contribution in [0.4, 0.5) is 0 Å². The van der Waals surface area contributed by atoms with Gasteiger partial charge in [0.05, 0.1) is 11.7 Å². The number of hydrogen-bond donors (Lipinski definition) is 1. The normalized spacial score (nSPS) is 24.8. The summed E-state index contributed by atoms with van der Waals surface area (Å²) in [5.74, 6) is 1.77. The molecule has 1 fully saturated rings. The number of benzene rings is 1. The molecule has 2 heteroatoms. The van der Waals surface area contributed by atoms with Gasteiger partial charge in [-0.2, -0.15) is 0 Å². The molecule has 0 spiro atoms. The molecular weight excluding hydrogens is 276 g/mol. The van der Waals surface area contributed by atoms with E-state index in [1.807, 2.05) is 12.1 Å². The first-order valence-corrected chi connectivity index (χ1v) is 8.84. The Labute approximate surface area is 135 Å². The third-order valence-corrected chi connectivity index (χ3v) is 5.49. The lowest BCUT2D eigenvalue weighted by Crippen LogP contribution is -2.32. The highest BCUT2D eigenvalue weighted by molar-refractivity contribution is 7.80. The highest BCUT2D eigenvalue weighted by atomic mass is 32.1. The van der Waals surface area contributed by atoms with Crippen LogP contribution in [0.2, 0.25) is 0 Å². The zero-order valence-corrected chi connectivity index (χ0v) is 14.8. The van der Waals surface area contributed by atoms with E-state index in [0.717, 1.165) is 16.7 Å². The number of ether oxygens (including phenoxy) is 1. The number of rotatable bonds is 5. The summed E-state index contributed by atoms with van der Waals surface area (Å²) in [5, 5.41) is 0. The molecule has 1 saturated carbocycles. The molecule has 118 valence electrons. The van der Waals surface area contributed by atoms with E-state index in [0.29, 0.717) is 6.10 Å². The lowest BCUT2D eigenvalue weighted by molar-refractivity contribution is -0.0955. The summed E-state index contributed by atoms with van der Waals surface area (Å²) < 4.78 is 6.44. The van der Waals surface area contributed by atoms with E-state index in [-0.39, 0.29) is 5.60 Å². The molecule has 0 amide bonds. The molecule has 1 aliphatic rings.